The minimum Gasteiger partial charge on any atom is -0.339 e. The van der Waals surface area contributed by atoms with Crippen LogP contribution in [0.1, 0.15) is 78.4 Å². The summed E-state index contributed by atoms with van der Waals surface area (Å²) < 4.78 is 18.6. The zero-order chi connectivity index (χ0) is 34.4. The molecule has 0 spiro atoms. The van der Waals surface area contributed by atoms with Gasteiger partial charge in [-0.15, -0.1) is 5.10 Å². The molecule has 3 aromatic rings. The molecule has 1 saturated heterocycles. The van der Waals surface area contributed by atoms with Gasteiger partial charge in [0.05, 0.1) is 11.9 Å². The molecule has 48 heavy (non-hydrogen) atoms. The molecular formula is C33H45FN10O4. The average molecular weight is 665 g/mol. The number of nitrogens with zero attached hydrogens (tertiary/aromatic N) is 7. The van der Waals surface area contributed by atoms with E-state index in [0.717, 1.165) is 32.1 Å². The van der Waals surface area contributed by atoms with Crippen molar-refractivity contribution in [3.8, 4) is 0 Å². The zero-order valence-electron chi connectivity index (χ0n) is 28.0. The maximum absolute atomic E-state index is 15.7. The summed E-state index contributed by atoms with van der Waals surface area (Å²) in [4.78, 5) is 57.7. The molecule has 1 aliphatic heterocycles. The molecule has 2 aliphatic rings. The lowest BCUT2D eigenvalue weighted by atomic mass is 9.83. The smallest absolute Gasteiger partial charge is 0.271 e. The topological polar surface area (TPSA) is 159 Å². The van der Waals surface area contributed by atoms with Gasteiger partial charge in [0.2, 0.25) is 11.8 Å². The van der Waals surface area contributed by atoms with Crippen LogP contribution in [0.2, 0.25) is 0 Å². The number of carbonyl (C=O) groups is 4. The largest absolute Gasteiger partial charge is 0.339 e. The third-order valence-corrected chi connectivity index (χ3v) is 9.53. The molecule has 0 radical (unpaired) electrons. The van der Waals surface area contributed by atoms with Crippen molar-refractivity contribution in [2.24, 2.45) is 13.0 Å². The number of hydrogen-bond acceptors (Lipinski definition) is 8. The second-order valence-electron chi connectivity index (χ2n) is 12.7. The van der Waals surface area contributed by atoms with Crippen LogP contribution in [0.4, 0.5) is 10.1 Å². The first-order valence-electron chi connectivity index (χ1n) is 16.6. The number of hydrogen-bond donors (Lipinski definition) is 3. The molecule has 1 unspecified atom stereocenters. The Hall–Kier alpha value is -4.66. The molecule has 4 amide bonds. The van der Waals surface area contributed by atoms with E-state index in [4.69, 9.17) is 0 Å². The summed E-state index contributed by atoms with van der Waals surface area (Å²) in [5.74, 6) is -3.13. The van der Waals surface area contributed by atoms with Crippen molar-refractivity contribution in [2.45, 2.75) is 70.5 Å². The van der Waals surface area contributed by atoms with Crippen molar-refractivity contribution < 1.29 is 23.6 Å². The van der Waals surface area contributed by atoms with E-state index in [1.165, 1.54) is 29.2 Å². The van der Waals surface area contributed by atoms with Crippen LogP contribution in [-0.4, -0.2) is 104 Å². The summed E-state index contributed by atoms with van der Waals surface area (Å²) in [5, 5.41) is 20.2. The molecular weight excluding hydrogens is 619 g/mol. The zero-order valence-corrected chi connectivity index (χ0v) is 28.0. The molecule has 1 aromatic carbocycles. The highest BCUT2D eigenvalue weighted by Crippen LogP contribution is 2.29. The van der Waals surface area contributed by atoms with Crippen LogP contribution >= 0.6 is 0 Å². The van der Waals surface area contributed by atoms with Crippen molar-refractivity contribution in [1.29, 1.82) is 0 Å². The average Bonchev–Trinajstić information content (AvgIpc) is 3.76. The SMILES string of the molecule is CCn1nccc1C(=O)NC(C(=O)Nc1ccc([C@H](C)[C@@H](NC(=O)c2cnnn2C)C(=O)N2CCN(C)CC2)cc1F)C1CCCCC1. The first kappa shape index (κ1) is 34.7. The molecule has 15 heteroatoms. The normalized spacial score (nSPS) is 17.7. The number of benzene rings is 1. The molecule has 14 nitrogen and oxygen atoms in total. The Labute approximate surface area is 279 Å². The lowest BCUT2D eigenvalue weighted by Gasteiger charge is -2.36. The van der Waals surface area contributed by atoms with Crippen LogP contribution in [-0.2, 0) is 23.2 Å². The van der Waals surface area contributed by atoms with E-state index in [0.29, 0.717) is 44.0 Å². The fourth-order valence-corrected chi connectivity index (χ4v) is 6.51. The van der Waals surface area contributed by atoms with Crippen LogP contribution in [0.15, 0.2) is 36.7 Å². The summed E-state index contributed by atoms with van der Waals surface area (Å²) in [5.41, 5.74) is 0.951. The monoisotopic (exact) mass is 664 g/mol. The van der Waals surface area contributed by atoms with Gasteiger partial charge in [0.15, 0.2) is 0 Å². The summed E-state index contributed by atoms with van der Waals surface area (Å²) in [6.07, 6.45) is 7.35. The highest BCUT2D eigenvalue weighted by Gasteiger charge is 2.35. The Morgan fingerprint density at radius 3 is 2.31 bits per heavy atom. The van der Waals surface area contributed by atoms with Gasteiger partial charge in [0.1, 0.15) is 29.3 Å². The van der Waals surface area contributed by atoms with E-state index in [1.807, 2.05) is 14.0 Å². The Kier molecular flexibility index (Phi) is 11.2. The maximum Gasteiger partial charge on any atom is 0.271 e. The molecule has 2 aromatic heterocycles. The third kappa shape index (κ3) is 7.89. The number of halogens is 1. The van der Waals surface area contributed by atoms with Crippen LogP contribution in [0.25, 0.3) is 0 Å². The number of likely N-dealkylation sites (N-methyl/N-ethyl adjacent to an activating group) is 1. The number of aryl methyl sites for hydroxylation is 2. The summed E-state index contributed by atoms with van der Waals surface area (Å²) in [6.45, 7) is 6.52. The van der Waals surface area contributed by atoms with Gasteiger partial charge < -0.3 is 25.8 Å². The standard InChI is InChI=1S/C33H45FN10O4/c1-5-44-26(13-14-36-44)30(45)39-29(22-9-7-6-8-10-22)32(47)37-25-12-11-23(19-24(25)34)21(2)28(33(48)43-17-15-41(3)16-18-43)38-31(46)27-20-35-40-42(27)4/h11-14,19-22,28-29H,5-10,15-18H2,1-4H3,(H,37,47)(H,38,46)(H,39,45)/t21-,28+,29?/m0/s1. The van der Waals surface area contributed by atoms with E-state index in [1.54, 1.807) is 35.7 Å². The number of amides is 4. The van der Waals surface area contributed by atoms with Crippen molar-refractivity contribution in [3.63, 3.8) is 0 Å². The molecule has 2 fully saturated rings. The van der Waals surface area contributed by atoms with Gasteiger partial charge in [-0.2, -0.15) is 5.10 Å². The summed E-state index contributed by atoms with van der Waals surface area (Å²) in [6, 6.07) is 4.10. The minimum absolute atomic E-state index is 0.0449. The van der Waals surface area contributed by atoms with Gasteiger partial charge in [-0.1, -0.05) is 37.5 Å². The fraction of sp³-hybridized carbons (Fsp3) is 0.545. The number of carbonyl (C=O) groups excluding carboxylic acids is 4. The van der Waals surface area contributed by atoms with E-state index in [-0.39, 0.29) is 23.2 Å². The fourth-order valence-electron chi connectivity index (χ4n) is 6.51. The van der Waals surface area contributed by atoms with Crippen LogP contribution in [0, 0.1) is 11.7 Å². The maximum atomic E-state index is 15.7. The van der Waals surface area contributed by atoms with E-state index in [2.05, 4.69) is 36.3 Å². The Bertz CT molecular complexity index is 1610. The number of aromatic nitrogens is 5. The highest BCUT2D eigenvalue weighted by atomic mass is 19.1. The van der Waals surface area contributed by atoms with Crippen molar-refractivity contribution in [1.82, 2.24) is 45.2 Å². The van der Waals surface area contributed by atoms with Crippen LogP contribution < -0.4 is 16.0 Å². The van der Waals surface area contributed by atoms with E-state index < -0.39 is 41.5 Å². The predicted molar refractivity (Wildman–Crippen MR) is 176 cm³/mol. The first-order valence-corrected chi connectivity index (χ1v) is 16.6. The van der Waals surface area contributed by atoms with Crippen LogP contribution in [0.5, 0.6) is 0 Å². The predicted octanol–water partition coefficient (Wildman–Crippen LogP) is 2.16. The molecule has 3 N–H and O–H groups in total. The second kappa shape index (κ2) is 15.5. The number of nitrogens with one attached hydrogen (secondary N) is 3. The quantitative estimate of drug-likeness (QED) is 0.281. The molecule has 258 valence electrons. The number of piperazine rings is 1. The van der Waals surface area contributed by atoms with Crippen LogP contribution in [0.3, 0.4) is 0 Å². The summed E-state index contributed by atoms with van der Waals surface area (Å²) in [7, 11) is 3.56. The molecule has 1 aliphatic carbocycles. The van der Waals surface area contributed by atoms with Gasteiger partial charge in [0, 0.05) is 51.9 Å². The van der Waals surface area contributed by atoms with Gasteiger partial charge >= 0.3 is 0 Å². The minimum atomic E-state index is -1.00. The lowest BCUT2D eigenvalue weighted by Crippen LogP contribution is -2.55. The van der Waals surface area contributed by atoms with Gasteiger partial charge in [-0.05, 0) is 56.5 Å². The molecule has 3 atom stereocenters. The van der Waals surface area contributed by atoms with E-state index >= 15 is 4.39 Å². The lowest BCUT2D eigenvalue weighted by molar-refractivity contribution is -0.135. The van der Waals surface area contributed by atoms with Crippen molar-refractivity contribution >= 4 is 29.3 Å². The molecule has 1 saturated carbocycles. The van der Waals surface area contributed by atoms with Gasteiger partial charge in [0.25, 0.3) is 11.8 Å². The highest BCUT2D eigenvalue weighted by molar-refractivity contribution is 6.01. The van der Waals surface area contributed by atoms with Gasteiger partial charge in [-0.25, -0.2) is 9.07 Å². The third-order valence-electron chi connectivity index (χ3n) is 9.53. The van der Waals surface area contributed by atoms with Gasteiger partial charge in [-0.3, -0.25) is 23.9 Å². The Morgan fingerprint density at radius 2 is 1.67 bits per heavy atom. The number of rotatable bonds is 11. The Morgan fingerprint density at radius 1 is 0.958 bits per heavy atom. The molecule has 0 bridgehead atoms. The van der Waals surface area contributed by atoms with Crippen molar-refractivity contribution in [2.75, 3.05) is 38.5 Å². The molecule has 3 heterocycles. The number of anilines is 1. The second-order valence-corrected chi connectivity index (χ2v) is 12.7. The summed E-state index contributed by atoms with van der Waals surface area (Å²) >= 11 is 0. The first-order chi connectivity index (χ1) is 23.1. The Balaban J connectivity index is 1.34. The molecule has 5 rings (SSSR count). The van der Waals surface area contributed by atoms with Crippen molar-refractivity contribution in [3.05, 3.63) is 59.4 Å². The van der Waals surface area contributed by atoms with E-state index in [9.17, 15) is 19.2 Å².